The number of hydrogen-bond acceptors (Lipinski definition) is 2. The van der Waals surface area contributed by atoms with Crippen LogP contribution in [0.4, 0.5) is 26.3 Å². The third-order valence-electron chi connectivity index (χ3n) is 3.45. The summed E-state index contributed by atoms with van der Waals surface area (Å²) >= 11 is 1.91. The molecule has 0 unspecified atom stereocenters. The minimum absolute atomic E-state index is 0.0577. The van der Waals surface area contributed by atoms with Crippen LogP contribution in [-0.2, 0) is 12.4 Å². The van der Waals surface area contributed by atoms with Gasteiger partial charge in [-0.25, -0.2) is 9.97 Å². The summed E-state index contributed by atoms with van der Waals surface area (Å²) in [5.74, 6) is 0.133. The van der Waals surface area contributed by atoms with Crippen molar-refractivity contribution in [3.8, 4) is 22.6 Å². The van der Waals surface area contributed by atoms with Gasteiger partial charge in [0.05, 0.1) is 15.5 Å². The number of pyridine rings is 1. The van der Waals surface area contributed by atoms with Crippen LogP contribution in [0.1, 0.15) is 11.3 Å². The highest BCUT2D eigenvalue weighted by Gasteiger charge is 2.34. The van der Waals surface area contributed by atoms with Crippen LogP contribution in [0.2, 0.25) is 0 Å². The molecule has 26 heavy (non-hydrogen) atoms. The molecular formula is C16H8F6IN3. The lowest BCUT2D eigenvalue weighted by molar-refractivity contribution is -0.141. The molecule has 3 nitrogen and oxygen atoms in total. The first-order chi connectivity index (χ1) is 12.0. The van der Waals surface area contributed by atoms with E-state index in [1.165, 1.54) is 12.3 Å². The molecule has 2 aromatic heterocycles. The number of imidazole rings is 1. The van der Waals surface area contributed by atoms with Crippen LogP contribution in [-0.4, -0.2) is 15.0 Å². The zero-order valence-corrected chi connectivity index (χ0v) is 14.7. The van der Waals surface area contributed by atoms with Gasteiger partial charge in [-0.1, -0.05) is 12.1 Å². The number of aromatic amines is 1. The molecule has 0 fully saturated rings. The fraction of sp³-hybridized carbons (Fsp3) is 0.125. The van der Waals surface area contributed by atoms with E-state index >= 15 is 0 Å². The second-order valence-corrected chi connectivity index (χ2v) is 6.44. The van der Waals surface area contributed by atoms with Crippen LogP contribution >= 0.6 is 22.6 Å². The van der Waals surface area contributed by atoms with E-state index in [1.54, 1.807) is 0 Å². The van der Waals surface area contributed by atoms with Gasteiger partial charge in [0.2, 0.25) is 0 Å². The number of nitrogens with one attached hydrogen (secondary N) is 1. The van der Waals surface area contributed by atoms with Crippen LogP contribution in [0.5, 0.6) is 0 Å². The number of nitrogens with zero attached hydrogens (tertiary/aromatic N) is 2. The standard InChI is InChI=1S/C16H8F6IN3/c17-15(18,19)10-3-1-8(2-4-10)9-5-11(14-24-7-13(23)26-14)25-12(6-9)16(20,21)22/h1-7H,(H,24,26). The Balaban J connectivity index is 2.11. The molecule has 0 aliphatic carbocycles. The van der Waals surface area contributed by atoms with Gasteiger partial charge >= 0.3 is 12.4 Å². The molecule has 0 saturated heterocycles. The summed E-state index contributed by atoms with van der Waals surface area (Å²) in [6.07, 6.45) is -7.81. The van der Waals surface area contributed by atoms with Crippen molar-refractivity contribution in [1.29, 1.82) is 0 Å². The highest BCUT2D eigenvalue weighted by Crippen LogP contribution is 2.35. The van der Waals surface area contributed by atoms with Gasteiger partial charge in [0.1, 0.15) is 11.4 Å². The number of alkyl halides is 6. The third-order valence-corrected chi connectivity index (χ3v) is 4.00. The SMILES string of the molecule is FC(F)(F)c1ccc(-c2cc(-c3ncc(I)[nH]3)nc(C(F)(F)F)c2)cc1. The first-order valence-corrected chi connectivity index (χ1v) is 8.10. The quantitative estimate of drug-likeness (QED) is 0.371. The fourth-order valence-electron chi connectivity index (χ4n) is 2.24. The monoisotopic (exact) mass is 483 g/mol. The molecule has 3 aromatic rings. The number of H-pyrrole nitrogens is 1. The Labute approximate surface area is 156 Å². The predicted octanol–water partition coefficient (Wildman–Crippen LogP) is 5.78. The highest BCUT2D eigenvalue weighted by molar-refractivity contribution is 14.1. The average Bonchev–Trinajstić information content (AvgIpc) is 2.99. The largest absolute Gasteiger partial charge is 0.433 e. The Morgan fingerprint density at radius 2 is 1.50 bits per heavy atom. The topological polar surface area (TPSA) is 41.6 Å². The second-order valence-electron chi connectivity index (χ2n) is 5.28. The Morgan fingerprint density at radius 1 is 0.846 bits per heavy atom. The van der Waals surface area contributed by atoms with Crippen molar-refractivity contribution in [3.63, 3.8) is 0 Å². The van der Waals surface area contributed by atoms with Crippen LogP contribution in [0.25, 0.3) is 22.6 Å². The maximum atomic E-state index is 13.2. The Kier molecular flexibility index (Phi) is 4.71. The van der Waals surface area contributed by atoms with E-state index in [4.69, 9.17) is 0 Å². The molecule has 1 N–H and O–H groups in total. The van der Waals surface area contributed by atoms with Crippen LogP contribution < -0.4 is 0 Å². The summed E-state index contributed by atoms with van der Waals surface area (Å²) in [5.41, 5.74) is -1.81. The van der Waals surface area contributed by atoms with Crippen molar-refractivity contribution in [2.45, 2.75) is 12.4 Å². The van der Waals surface area contributed by atoms with E-state index in [0.29, 0.717) is 3.70 Å². The zero-order chi connectivity index (χ0) is 19.1. The minimum Gasteiger partial charge on any atom is -0.332 e. The maximum absolute atomic E-state index is 13.2. The lowest BCUT2D eigenvalue weighted by Gasteiger charge is -2.12. The molecule has 1 aromatic carbocycles. The van der Waals surface area contributed by atoms with Gasteiger partial charge in [-0.15, -0.1) is 0 Å². The molecule has 0 aliphatic heterocycles. The number of aromatic nitrogens is 3. The fourth-order valence-corrected chi connectivity index (χ4v) is 2.64. The Bertz CT molecular complexity index is 928. The predicted molar refractivity (Wildman–Crippen MR) is 90.0 cm³/mol. The molecule has 0 radical (unpaired) electrons. The summed E-state index contributed by atoms with van der Waals surface area (Å²) in [4.78, 5) is 10.3. The first-order valence-electron chi connectivity index (χ1n) is 7.02. The number of benzene rings is 1. The molecule has 0 spiro atoms. The molecule has 136 valence electrons. The van der Waals surface area contributed by atoms with Gasteiger partial charge in [-0.2, -0.15) is 26.3 Å². The first kappa shape index (κ1) is 18.7. The van der Waals surface area contributed by atoms with Crippen LogP contribution in [0, 0.1) is 3.70 Å². The molecule has 2 heterocycles. The van der Waals surface area contributed by atoms with Crippen molar-refractivity contribution in [2.75, 3.05) is 0 Å². The molecule has 0 aliphatic rings. The van der Waals surface area contributed by atoms with Gasteiger partial charge in [0, 0.05) is 0 Å². The third kappa shape index (κ3) is 4.00. The van der Waals surface area contributed by atoms with E-state index in [2.05, 4.69) is 15.0 Å². The minimum atomic E-state index is -4.71. The molecular weight excluding hydrogens is 475 g/mol. The van der Waals surface area contributed by atoms with Gasteiger partial charge in [-0.05, 0) is 58.0 Å². The van der Waals surface area contributed by atoms with Gasteiger partial charge in [0.15, 0.2) is 5.82 Å². The van der Waals surface area contributed by atoms with Gasteiger partial charge in [0.25, 0.3) is 0 Å². The van der Waals surface area contributed by atoms with Gasteiger partial charge in [-0.3, -0.25) is 0 Å². The van der Waals surface area contributed by atoms with Gasteiger partial charge < -0.3 is 4.98 Å². The average molecular weight is 483 g/mol. The molecule has 0 atom stereocenters. The maximum Gasteiger partial charge on any atom is 0.433 e. The van der Waals surface area contributed by atoms with E-state index < -0.39 is 23.6 Å². The Hall–Kier alpha value is -2.11. The van der Waals surface area contributed by atoms with Crippen LogP contribution in [0.3, 0.4) is 0 Å². The summed E-state index contributed by atoms with van der Waals surface area (Å²) in [6, 6.07) is 6.01. The van der Waals surface area contributed by atoms with Crippen LogP contribution in [0.15, 0.2) is 42.6 Å². The summed E-state index contributed by atoms with van der Waals surface area (Å²) in [6.45, 7) is 0. The van der Waals surface area contributed by atoms with Crippen molar-refractivity contribution in [3.05, 3.63) is 57.6 Å². The molecule has 10 heteroatoms. The van der Waals surface area contributed by atoms with Crippen molar-refractivity contribution in [2.24, 2.45) is 0 Å². The molecule has 0 amide bonds. The van der Waals surface area contributed by atoms with E-state index in [1.807, 2.05) is 22.6 Å². The molecule has 3 rings (SSSR count). The summed E-state index contributed by atoms with van der Waals surface area (Å²) in [5, 5.41) is 0. The van der Waals surface area contributed by atoms with E-state index in [0.717, 1.165) is 30.3 Å². The zero-order valence-electron chi connectivity index (χ0n) is 12.6. The highest BCUT2D eigenvalue weighted by atomic mass is 127. The number of rotatable bonds is 2. The lowest BCUT2D eigenvalue weighted by atomic mass is 10.0. The van der Waals surface area contributed by atoms with Crippen molar-refractivity contribution >= 4 is 22.6 Å². The number of halogens is 7. The van der Waals surface area contributed by atoms with E-state index in [9.17, 15) is 26.3 Å². The van der Waals surface area contributed by atoms with Crippen molar-refractivity contribution in [1.82, 2.24) is 15.0 Å². The van der Waals surface area contributed by atoms with Crippen molar-refractivity contribution < 1.29 is 26.3 Å². The molecule has 0 saturated carbocycles. The second kappa shape index (κ2) is 6.56. The normalized spacial score (nSPS) is 12.4. The lowest BCUT2D eigenvalue weighted by Crippen LogP contribution is -2.09. The summed E-state index contributed by atoms with van der Waals surface area (Å²) in [7, 11) is 0. The molecule has 0 bridgehead atoms. The smallest absolute Gasteiger partial charge is 0.332 e. The number of hydrogen-bond donors (Lipinski definition) is 1. The summed E-state index contributed by atoms with van der Waals surface area (Å²) < 4.78 is 78.1. The Morgan fingerprint density at radius 3 is 2.00 bits per heavy atom. The van der Waals surface area contributed by atoms with E-state index in [-0.39, 0.29) is 22.6 Å².